The minimum atomic E-state index is -0.343. The molecule has 0 heterocycles. The van der Waals surface area contributed by atoms with E-state index in [4.69, 9.17) is 18.0 Å². The summed E-state index contributed by atoms with van der Waals surface area (Å²) in [4.78, 5) is 12.1. The molecule has 15 heavy (non-hydrogen) atoms. The van der Waals surface area contributed by atoms with Crippen LogP contribution in [0.15, 0.2) is 0 Å². The van der Waals surface area contributed by atoms with Crippen LogP contribution >= 0.6 is 12.2 Å². The van der Waals surface area contributed by atoms with Crippen LogP contribution in [0.25, 0.3) is 0 Å². The average Bonchev–Trinajstić information content (AvgIpc) is 2.12. The van der Waals surface area contributed by atoms with Crippen molar-refractivity contribution in [1.82, 2.24) is 5.32 Å². The zero-order valence-electron chi connectivity index (χ0n) is 10.0. The molecule has 0 saturated carbocycles. The quantitative estimate of drug-likeness (QED) is 0.683. The van der Waals surface area contributed by atoms with Gasteiger partial charge >= 0.3 is 0 Å². The minimum absolute atomic E-state index is 0.0437. The molecule has 0 bridgehead atoms. The summed E-state index contributed by atoms with van der Waals surface area (Å²) in [6.45, 7) is 8.80. The van der Waals surface area contributed by atoms with Crippen LogP contribution in [-0.4, -0.2) is 17.4 Å². The van der Waals surface area contributed by atoms with Crippen molar-refractivity contribution in [3.63, 3.8) is 0 Å². The Morgan fingerprint density at radius 3 is 2.27 bits per heavy atom. The van der Waals surface area contributed by atoms with Crippen molar-refractivity contribution in [1.29, 1.82) is 0 Å². The molecule has 88 valence electrons. The molecule has 0 aliphatic carbocycles. The lowest BCUT2D eigenvalue weighted by Crippen LogP contribution is -2.42. The summed E-state index contributed by atoms with van der Waals surface area (Å²) in [5.41, 5.74) is 5.55. The number of nitrogens with two attached hydrogens (primary N) is 1. The van der Waals surface area contributed by atoms with Crippen molar-refractivity contribution in [2.45, 2.75) is 34.1 Å². The first-order chi connectivity index (χ1) is 6.90. The number of carbonyl (C=O) groups is 1. The van der Waals surface area contributed by atoms with Gasteiger partial charge in [0.15, 0.2) is 0 Å². The summed E-state index contributed by atoms with van der Waals surface area (Å²) < 4.78 is 0. The number of amides is 1. The molecule has 0 rings (SSSR count). The fourth-order valence-corrected chi connectivity index (χ4v) is 1.67. The second kappa shape index (κ2) is 6.77. The molecular weight excluding hydrogens is 208 g/mol. The molecule has 3 nitrogen and oxygen atoms in total. The van der Waals surface area contributed by atoms with Crippen molar-refractivity contribution in [3.05, 3.63) is 0 Å². The Bertz CT molecular complexity index is 229. The number of carbonyl (C=O) groups excluding carboxylic acids is 1. The van der Waals surface area contributed by atoms with E-state index in [1.165, 1.54) is 0 Å². The molecule has 2 unspecified atom stereocenters. The largest absolute Gasteiger partial charge is 0.393 e. The van der Waals surface area contributed by atoms with Gasteiger partial charge in [-0.25, -0.2) is 0 Å². The Morgan fingerprint density at radius 1 is 1.40 bits per heavy atom. The lowest BCUT2D eigenvalue weighted by molar-refractivity contribution is -0.124. The van der Waals surface area contributed by atoms with E-state index in [1.807, 2.05) is 13.8 Å². The van der Waals surface area contributed by atoms with Crippen molar-refractivity contribution in [3.8, 4) is 0 Å². The summed E-state index contributed by atoms with van der Waals surface area (Å²) in [7, 11) is 0. The molecule has 0 radical (unpaired) electrons. The van der Waals surface area contributed by atoms with Crippen LogP contribution in [0, 0.1) is 17.8 Å². The second-order valence-electron chi connectivity index (χ2n) is 4.38. The lowest BCUT2D eigenvalue weighted by atomic mass is 9.94. The summed E-state index contributed by atoms with van der Waals surface area (Å²) in [5, 5.41) is 2.89. The van der Waals surface area contributed by atoms with Gasteiger partial charge in [0, 0.05) is 6.54 Å². The Hall–Kier alpha value is -0.640. The van der Waals surface area contributed by atoms with E-state index in [0.29, 0.717) is 12.5 Å². The Balaban J connectivity index is 4.22. The van der Waals surface area contributed by atoms with E-state index in [2.05, 4.69) is 19.2 Å². The van der Waals surface area contributed by atoms with Gasteiger partial charge in [-0.1, -0.05) is 46.3 Å². The van der Waals surface area contributed by atoms with Gasteiger partial charge in [0.25, 0.3) is 0 Å². The Labute approximate surface area is 97.8 Å². The van der Waals surface area contributed by atoms with E-state index >= 15 is 0 Å². The summed E-state index contributed by atoms with van der Waals surface area (Å²) in [5.74, 6) is 0.259. The van der Waals surface area contributed by atoms with Gasteiger partial charge in [0.2, 0.25) is 5.91 Å². The van der Waals surface area contributed by atoms with Crippen molar-refractivity contribution in [2.24, 2.45) is 23.5 Å². The SMILES string of the molecule is CCC(C)CNC(=O)C(C(N)=S)C(C)C. The number of thiocarbonyl (C=S) groups is 1. The van der Waals surface area contributed by atoms with Gasteiger partial charge in [-0.15, -0.1) is 0 Å². The van der Waals surface area contributed by atoms with Crippen LogP contribution in [0.4, 0.5) is 0 Å². The maximum atomic E-state index is 11.8. The fourth-order valence-electron chi connectivity index (χ4n) is 1.29. The predicted molar refractivity (Wildman–Crippen MR) is 67.6 cm³/mol. The average molecular weight is 230 g/mol. The predicted octanol–water partition coefficient (Wildman–Crippen LogP) is 1.71. The molecule has 1 amide bonds. The van der Waals surface area contributed by atoms with Crippen LogP contribution in [0.5, 0.6) is 0 Å². The van der Waals surface area contributed by atoms with Crippen molar-refractivity contribution >= 4 is 23.1 Å². The third-order valence-electron chi connectivity index (χ3n) is 2.58. The molecule has 0 saturated heterocycles. The number of rotatable bonds is 6. The van der Waals surface area contributed by atoms with E-state index < -0.39 is 0 Å². The molecular formula is C11H22N2OS. The van der Waals surface area contributed by atoms with Crippen molar-refractivity contribution in [2.75, 3.05) is 6.54 Å². The highest BCUT2D eigenvalue weighted by atomic mass is 32.1. The maximum Gasteiger partial charge on any atom is 0.230 e. The molecule has 0 spiro atoms. The number of nitrogens with one attached hydrogen (secondary N) is 1. The van der Waals surface area contributed by atoms with Crippen LogP contribution in [-0.2, 0) is 4.79 Å². The summed E-state index contributed by atoms with van der Waals surface area (Å²) in [6.07, 6.45) is 1.06. The fraction of sp³-hybridized carbons (Fsp3) is 0.818. The molecule has 0 aromatic heterocycles. The van der Waals surface area contributed by atoms with E-state index in [-0.39, 0.29) is 22.7 Å². The van der Waals surface area contributed by atoms with Gasteiger partial charge < -0.3 is 11.1 Å². The van der Waals surface area contributed by atoms with Gasteiger partial charge in [-0.2, -0.15) is 0 Å². The van der Waals surface area contributed by atoms with Crippen molar-refractivity contribution < 1.29 is 4.79 Å². The highest BCUT2D eigenvalue weighted by Gasteiger charge is 2.24. The maximum absolute atomic E-state index is 11.8. The van der Waals surface area contributed by atoms with Crippen LogP contribution in [0.3, 0.4) is 0 Å². The van der Waals surface area contributed by atoms with Crippen LogP contribution in [0.1, 0.15) is 34.1 Å². The first-order valence-corrected chi connectivity index (χ1v) is 5.88. The number of hydrogen-bond donors (Lipinski definition) is 2. The molecule has 0 aliphatic rings. The van der Waals surface area contributed by atoms with Crippen LogP contribution < -0.4 is 11.1 Å². The molecule has 0 aromatic carbocycles. The second-order valence-corrected chi connectivity index (χ2v) is 4.85. The zero-order valence-corrected chi connectivity index (χ0v) is 10.9. The first kappa shape index (κ1) is 14.4. The Kier molecular flexibility index (Phi) is 6.48. The smallest absolute Gasteiger partial charge is 0.230 e. The van der Waals surface area contributed by atoms with E-state index in [0.717, 1.165) is 6.42 Å². The highest BCUT2D eigenvalue weighted by molar-refractivity contribution is 7.80. The lowest BCUT2D eigenvalue weighted by Gasteiger charge is -2.20. The van der Waals surface area contributed by atoms with Gasteiger partial charge in [-0.05, 0) is 11.8 Å². The summed E-state index contributed by atoms with van der Waals surface area (Å²) >= 11 is 4.89. The monoisotopic (exact) mass is 230 g/mol. The highest BCUT2D eigenvalue weighted by Crippen LogP contribution is 2.11. The molecule has 0 fully saturated rings. The third-order valence-corrected chi connectivity index (χ3v) is 2.83. The van der Waals surface area contributed by atoms with Gasteiger partial charge in [0.05, 0.1) is 10.9 Å². The van der Waals surface area contributed by atoms with E-state index in [9.17, 15) is 4.79 Å². The first-order valence-electron chi connectivity index (χ1n) is 5.47. The molecule has 3 N–H and O–H groups in total. The summed E-state index contributed by atoms with van der Waals surface area (Å²) in [6, 6.07) is 0. The Morgan fingerprint density at radius 2 is 1.93 bits per heavy atom. The van der Waals surface area contributed by atoms with Crippen LogP contribution in [0.2, 0.25) is 0 Å². The minimum Gasteiger partial charge on any atom is -0.393 e. The van der Waals surface area contributed by atoms with Gasteiger partial charge in [0.1, 0.15) is 0 Å². The number of hydrogen-bond acceptors (Lipinski definition) is 2. The third kappa shape index (κ3) is 5.11. The standard InChI is InChI=1S/C11H22N2OS/c1-5-8(4)6-13-11(14)9(7(2)3)10(12)15/h7-9H,5-6H2,1-4H3,(H2,12,15)(H,13,14). The van der Waals surface area contributed by atoms with E-state index in [1.54, 1.807) is 0 Å². The van der Waals surface area contributed by atoms with Gasteiger partial charge in [-0.3, -0.25) is 4.79 Å². The zero-order chi connectivity index (χ0) is 12.0. The molecule has 0 aliphatic heterocycles. The molecule has 4 heteroatoms. The molecule has 0 aromatic rings. The normalized spacial score (nSPS) is 14.7. The topological polar surface area (TPSA) is 55.1 Å². The molecule has 2 atom stereocenters.